The molecule has 0 spiro atoms. The van der Waals surface area contributed by atoms with E-state index < -0.39 is 0 Å². The average molecular weight is 141 g/mol. The first kappa shape index (κ1) is 7.08. The molecule has 0 aromatic carbocycles. The Balaban J connectivity index is 3.13. The van der Waals surface area contributed by atoms with Crippen LogP contribution < -0.4 is 11.3 Å². The molecule has 0 aliphatic rings. The lowest BCUT2D eigenvalue weighted by molar-refractivity contribution is 0.947. The molecule has 0 saturated heterocycles. The van der Waals surface area contributed by atoms with Gasteiger partial charge >= 0.3 is 0 Å². The second-order valence-corrected chi connectivity index (χ2v) is 2.09. The molecule has 0 atom stereocenters. The van der Waals surface area contributed by atoms with Gasteiger partial charge in [-0.05, 0) is 6.42 Å². The number of hydrogen-bond acceptors (Lipinski definition) is 2. The quantitative estimate of drug-likeness (QED) is 0.530. The Morgan fingerprint density at radius 2 is 2.20 bits per heavy atom. The minimum Gasteiger partial charge on any atom is -0.326 e. The van der Waals surface area contributed by atoms with E-state index in [-0.39, 0.29) is 5.56 Å². The van der Waals surface area contributed by atoms with Crippen LogP contribution in [0.2, 0.25) is 0 Å². The minimum atomic E-state index is -0.0978. The van der Waals surface area contributed by atoms with Gasteiger partial charge in [-0.3, -0.25) is 9.89 Å². The number of rotatable bonds is 2. The summed E-state index contributed by atoms with van der Waals surface area (Å²) in [5, 5.41) is 5.24. The summed E-state index contributed by atoms with van der Waals surface area (Å²) in [6.45, 7) is 2.28. The highest BCUT2D eigenvalue weighted by Crippen LogP contribution is 1.97. The van der Waals surface area contributed by atoms with Crippen LogP contribution in [-0.2, 0) is 13.0 Å². The lowest BCUT2D eigenvalue weighted by Gasteiger charge is -1.91. The summed E-state index contributed by atoms with van der Waals surface area (Å²) >= 11 is 0. The highest BCUT2D eigenvalue weighted by Gasteiger charge is 2.03. The van der Waals surface area contributed by atoms with Gasteiger partial charge < -0.3 is 10.8 Å². The van der Waals surface area contributed by atoms with Gasteiger partial charge in [0, 0.05) is 12.2 Å². The molecule has 1 aromatic heterocycles. The van der Waals surface area contributed by atoms with Crippen LogP contribution in [0.15, 0.2) is 4.79 Å². The van der Waals surface area contributed by atoms with Gasteiger partial charge in [0.2, 0.25) is 0 Å². The molecule has 10 heavy (non-hydrogen) atoms. The molecular formula is C6H11N3O. The van der Waals surface area contributed by atoms with Crippen LogP contribution in [-0.4, -0.2) is 10.2 Å². The van der Waals surface area contributed by atoms with Gasteiger partial charge in [0.1, 0.15) is 0 Å². The molecule has 1 heterocycles. The van der Waals surface area contributed by atoms with E-state index >= 15 is 0 Å². The van der Waals surface area contributed by atoms with Crippen LogP contribution in [0.5, 0.6) is 0 Å². The van der Waals surface area contributed by atoms with E-state index in [9.17, 15) is 4.79 Å². The zero-order valence-electron chi connectivity index (χ0n) is 5.90. The molecule has 0 radical (unpaired) electrons. The van der Waals surface area contributed by atoms with Crippen molar-refractivity contribution < 1.29 is 0 Å². The van der Waals surface area contributed by atoms with Gasteiger partial charge in [0.05, 0.1) is 5.56 Å². The van der Waals surface area contributed by atoms with Gasteiger partial charge in [-0.25, -0.2) is 0 Å². The maximum atomic E-state index is 10.9. The topological polar surface area (TPSA) is 74.7 Å². The number of nitrogens with two attached hydrogens (primary N) is 1. The van der Waals surface area contributed by atoms with E-state index in [1.807, 2.05) is 6.92 Å². The number of nitrogens with one attached hydrogen (secondary N) is 2. The van der Waals surface area contributed by atoms with E-state index in [0.717, 1.165) is 12.1 Å². The first-order valence-corrected chi connectivity index (χ1v) is 3.28. The van der Waals surface area contributed by atoms with Crippen molar-refractivity contribution in [1.82, 2.24) is 10.2 Å². The molecule has 4 heteroatoms. The Labute approximate surface area is 58.4 Å². The maximum Gasteiger partial charge on any atom is 0.268 e. The number of aromatic nitrogens is 2. The van der Waals surface area contributed by atoms with E-state index in [4.69, 9.17) is 5.73 Å². The summed E-state index contributed by atoms with van der Waals surface area (Å²) in [7, 11) is 0. The molecule has 0 bridgehead atoms. The summed E-state index contributed by atoms with van der Waals surface area (Å²) in [6, 6.07) is 0. The number of aromatic amines is 2. The van der Waals surface area contributed by atoms with Crippen LogP contribution in [0.1, 0.15) is 18.2 Å². The second kappa shape index (κ2) is 2.70. The Bertz CT molecular complexity index is 260. The van der Waals surface area contributed by atoms with E-state index in [0.29, 0.717) is 12.1 Å². The SMILES string of the molecule is CCc1[nH][nH]c(=O)c1CN. The minimum absolute atomic E-state index is 0.0978. The van der Waals surface area contributed by atoms with Crippen LogP contribution in [0.4, 0.5) is 0 Å². The zero-order valence-corrected chi connectivity index (χ0v) is 5.90. The van der Waals surface area contributed by atoms with Gasteiger partial charge in [0.15, 0.2) is 0 Å². The summed E-state index contributed by atoms with van der Waals surface area (Å²) in [4.78, 5) is 10.9. The summed E-state index contributed by atoms with van der Waals surface area (Å²) in [5.41, 5.74) is 6.81. The largest absolute Gasteiger partial charge is 0.326 e. The molecule has 4 nitrogen and oxygen atoms in total. The maximum absolute atomic E-state index is 10.9. The summed E-state index contributed by atoms with van der Waals surface area (Å²) in [5.74, 6) is 0. The van der Waals surface area contributed by atoms with Gasteiger partial charge in [-0.1, -0.05) is 6.92 Å². The van der Waals surface area contributed by atoms with Crippen molar-refractivity contribution in [1.29, 1.82) is 0 Å². The Hall–Kier alpha value is -1.03. The van der Waals surface area contributed by atoms with Crippen molar-refractivity contribution >= 4 is 0 Å². The van der Waals surface area contributed by atoms with Crippen molar-refractivity contribution in [2.45, 2.75) is 19.9 Å². The van der Waals surface area contributed by atoms with Crippen LogP contribution in [0, 0.1) is 0 Å². The molecule has 0 fully saturated rings. The predicted molar refractivity (Wildman–Crippen MR) is 38.7 cm³/mol. The van der Waals surface area contributed by atoms with Crippen LogP contribution in [0.3, 0.4) is 0 Å². The van der Waals surface area contributed by atoms with E-state index in [1.165, 1.54) is 0 Å². The number of hydrogen-bond donors (Lipinski definition) is 3. The normalized spacial score (nSPS) is 10.2. The van der Waals surface area contributed by atoms with Gasteiger partial charge in [-0.15, -0.1) is 0 Å². The average Bonchev–Trinajstić information content (AvgIpc) is 2.30. The lowest BCUT2D eigenvalue weighted by Crippen LogP contribution is -2.11. The molecule has 0 unspecified atom stereocenters. The van der Waals surface area contributed by atoms with Crippen LogP contribution in [0.25, 0.3) is 0 Å². The first-order valence-electron chi connectivity index (χ1n) is 3.28. The monoisotopic (exact) mass is 141 g/mol. The molecule has 1 aromatic rings. The first-order chi connectivity index (χ1) is 4.79. The molecule has 0 saturated carbocycles. The number of aryl methyl sites for hydroxylation is 1. The fourth-order valence-electron chi connectivity index (χ4n) is 0.938. The van der Waals surface area contributed by atoms with Gasteiger partial charge in [-0.2, -0.15) is 0 Å². The molecule has 4 N–H and O–H groups in total. The van der Waals surface area contributed by atoms with Crippen molar-refractivity contribution in [3.63, 3.8) is 0 Å². The highest BCUT2D eigenvalue weighted by molar-refractivity contribution is 5.15. The number of H-pyrrole nitrogens is 2. The third kappa shape index (κ3) is 0.974. The smallest absolute Gasteiger partial charge is 0.268 e. The fourth-order valence-corrected chi connectivity index (χ4v) is 0.938. The second-order valence-electron chi connectivity index (χ2n) is 2.09. The third-order valence-corrected chi connectivity index (χ3v) is 1.52. The van der Waals surface area contributed by atoms with Crippen LogP contribution >= 0.6 is 0 Å². The fraction of sp³-hybridized carbons (Fsp3) is 0.500. The van der Waals surface area contributed by atoms with Crippen molar-refractivity contribution in [3.8, 4) is 0 Å². The zero-order chi connectivity index (χ0) is 7.56. The predicted octanol–water partition coefficient (Wildman–Crippen LogP) is -0.276. The lowest BCUT2D eigenvalue weighted by atomic mass is 10.2. The third-order valence-electron chi connectivity index (χ3n) is 1.52. The van der Waals surface area contributed by atoms with Crippen molar-refractivity contribution in [2.75, 3.05) is 0 Å². The molecule has 56 valence electrons. The molecular weight excluding hydrogens is 130 g/mol. The highest BCUT2D eigenvalue weighted by atomic mass is 16.1. The summed E-state index contributed by atoms with van der Waals surface area (Å²) < 4.78 is 0. The van der Waals surface area contributed by atoms with Gasteiger partial charge in [0.25, 0.3) is 5.56 Å². The van der Waals surface area contributed by atoms with E-state index in [2.05, 4.69) is 10.2 Å². The Morgan fingerprint density at radius 3 is 2.60 bits per heavy atom. The van der Waals surface area contributed by atoms with Crippen molar-refractivity contribution in [2.24, 2.45) is 5.73 Å². The van der Waals surface area contributed by atoms with E-state index in [1.54, 1.807) is 0 Å². The van der Waals surface area contributed by atoms with Crippen molar-refractivity contribution in [3.05, 3.63) is 21.6 Å². The Morgan fingerprint density at radius 1 is 1.50 bits per heavy atom. The Kier molecular flexibility index (Phi) is 1.91. The molecule has 0 amide bonds. The molecule has 1 rings (SSSR count). The molecule has 0 aliphatic carbocycles. The summed E-state index contributed by atoms with van der Waals surface area (Å²) in [6.07, 6.45) is 0.811. The standard InChI is InChI=1S/C6H11N3O/c1-2-5-4(3-7)6(10)9-8-5/h2-3,7H2,1H3,(H2,8,9,10). The molecule has 0 aliphatic heterocycles.